The quantitative estimate of drug-likeness (QED) is 0.470. The summed E-state index contributed by atoms with van der Waals surface area (Å²) in [5, 5.41) is 8.21. The Morgan fingerprint density at radius 3 is 2.83 bits per heavy atom. The SMILES string of the molecule is CCCCCOC/C=C/C(=O)O. The number of carboxylic acids is 1. The Bertz CT molecular complexity index is 141. The van der Waals surface area contributed by atoms with Gasteiger partial charge in [0.1, 0.15) is 0 Å². The number of ether oxygens (including phenoxy) is 1. The average Bonchev–Trinajstić information content (AvgIpc) is 2.02. The Morgan fingerprint density at radius 1 is 1.50 bits per heavy atom. The summed E-state index contributed by atoms with van der Waals surface area (Å²) in [5.41, 5.74) is 0. The molecule has 0 heterocycles. The van der Waals surface area contributed by atoms with Crippen LogP contribution in [0.2, 0.25) is 0 Å². The first-order chi connectivity index (χ1) is 5.77. The third-order valence-corrected chi connectivity index (χ3v) is 1.37. The van der Waals surface area contributed by atoms with Crippen LogP contribution in [-0.2, 0) is 9.53 Å². The van der Waals surface area contributed by atoms with Crippen LogP contribution in [0.4, 0.5) is 0 Å². The second-order valence-corrected chi connectivity index (χ2v) is 2.52. The summed E-state index contributed by atoms with van der Waals surface area (Å²) in [6, 6.07) is 0. The first-order valence-electron chi connectivity index (χ1n) is 4.24. The molecule has 0 saturated carbocycles. The van der Waals surface area contributed by atoms with Crippen LogP contribution in [0.25, 0.3) is 0 Å². The van der Waals surface area contributed by atoms with Crippen molar-refractivity contribution in [2.75, 3.05) is 13.2 Å². The molecule has 0 aromatic rings. The van der Waals surface area contributed by atoms with Gasteiger partial charge < -0.3 is 9.84 Å². The highest BCUT2D eigenvalue weighted by Gasteiger charge is 1.87. The lowest BCUT2D eigenvalue weighted by Gasteiger charge is -1.98. The van der Waals surface area contributed by atoms with E-state index in [4.69, 9.17) is 9.84 Å². The predicted molar refractivity (Wildman–Crippen MR) is 47.1 cm³/mol. The van der Waals surface area contributed by atoms with E-state index in [9.17, 15) is 4.79 Å². The zero-order valence-corrected chi connectivity index (χ0v) is 7.45. The Kier molecular flexibility index (Phi) is 7.70. The van der Waals surface area contributed by atoms with E-state index in [1.807, 2.05) is 0 Å². The molecule has 0 saturated heterocycles. The number of carboxylic acid groups (broad SMARTS) is 1. The van der Waals surface area contributed by atoms with Crippen LogP contribution >= 0.6 is 0 Å². The van der Waals surface area contributed by atoms with Crippen molar-refractivity contribution in [2.24, 2.45) is 0 Å². The summed E-state index contributed by atoms with van der Waals surface area (Å²) in [7, 11) is 0. The Balaban J connectivity index is 3.05. The molecule has 0 rings (SSSR count). The smallest absolute Gasteiger partial charge is 0.328 e. The minimum atomic E-state index is -0.924. The largest absolute Gasteiger partial charge is 0.478 e. The van der Waals surface area contributed by atoms with Crippen LogP contribution in [0.15, 0.2) is 12.2 Å². The maximum atomic E-state index is 9.99. The van der Waals surface area contributed by atoms with Gasteiger partial charge in [-0.05, 0) is 6.42 Å². The second-order valence-electron chi connectivity index (χ2n) is 2.52. The van der Waals surface area contributed by atoms with Gasteiger partial charge in [0, 0.05) is 12.7 Å². The molecule has 3 nitrogen and oxygen atoms in total. The Labute approximate surface area is 73.0 Å². The highest BCUT2D eigenvalue weighted by atomic mass is 16.5. The summed E-state index contributed by atoms with van der Waals surface area (Å²) in [6.45, 7) is 3.25. The molecule has 0 aliphatic rings. The van der Waals surface area contributed by atoms with Gasteiger partial charge in [-0.3, -0.25) is 0 Å². The lowest BCUT2D eigenvalue weighted by atomic mass is 10.3. The van der Waals surface area contributed by atoms with E-state index in [-0.39, 0.29) is 0 Å². The van der Waals surface area contributed by atoms with Gasteiger partial charge in [0.05, 0.1) is 6.61 Å². The molecule has 0 spiro atoms. The van der Waals surface area contributed by atoms with Gasteiger partial charge >= 0.3 is 5.97 Å². The summed E-state index contributed by atoms with van der Waals surface area (Å²) in [6.07, 6.45) is 6.00. The highest BCUT2D eigenvalue weighted by Crippen LogP contribution is 1.93. The number of aliphatic carboxylic acids is 1. The van der Waals surface area contributed by atoms with E-state index in [1.54, 1.807) is 0 Å². The van der Waals surface area contributed by atoms with Crippen molar-refractivity contribution in [3.63, 3.8) is 0 Å². The van der Waals surface area contributed by atoms with Crippen molar-refractivity contribution in [2.45, 2.75) is 26.2 Å². The van der Waals surface area contributed by atoms with Crippen LogP contribution in [0, 0.1) is 0 Å². The second kappa shape index (κ2) is 8.27. The highest BCUT2D eigenvalue weighted by molar-refractivity contribution is 5.79. The molecule has 0 aliphatic heterocycles. The third-order valence-electron chi connectivity index (χ3n) is 1.37. The zero-order valence-electron chi connectivity index (χ0n) is 7.45. The van der Waals surface area contributed by atoms with Gasteiger partial charge in [-0.15, -0.1) is 0 Å². The van der Waals surface area contributed by atoms with Crippen molar-refractivity contribution in [1.29, 1.82) is 0 Å². The minimum absolute atomic E-state index is 0.399. The molecule has 3 heteroatoms. The van der Waals surface area contributed by atoms with Crippen molar-refractivity contribution in [3.05, 3.63) is 12.2 Å². The van der Waals surface area contributed by atoms with Gasteiger partial charge in [0.25, 0.3) is 0 Å². The molecule has 0 amide bonds. The van der Waals surface area contributed by atoms with Crippen LogP contribution in [-0.4, -0.2) is 24.3 Å². The van der Waals surface area contributed by atoms with E-state index in [2.05, 4.69) is 6.92 Å². The fourth-order valence-corrected chi connectivity index (χ4v) is 0.754. The molecular weight excluding hydrogens is 156 g/mol. The van der Waals surface area contributed by atoms with E-state index < -0.39 is 5.97 Å². The van der Waals surface area contributed by atoms with Crippen molar-refractivity contribution < 1.29 is 14.6 Å². The van der Waals surface area contributed by atoms with Gasteiger partial charge in [-0.25, -0.2) is 4.79 Å². The number of unbranched alkanes of at least 4 members (excludes halogenated alkanes) is 2. The topological polar surface area (TPSA) is 46.5 Å². The van der Waals surface area contributed by atoms with E-state index in [0.717, 1.165) is 19.1 Å². The van der Waals surface area contributed by atoms with E-state index in [0.29, 0.717) is 6.61 Å². The Morgan fingerprint density at radius 2 is 2.25 bits per heavy atom. The summed E-state index contributed by atoms with van der Waals surface area (Å²) < 4.78 is 5.14. The molecule has 12 heavy (non-hydrogen) atoms. The van der Waals surface area contributed by atoms with Crippen LogP contribution in [0.3, 0.4) is 0 Å². The normalized spacial score (nSPS) is 10.8. The van der Waals surface area contributed by atoms with Gasteiger partial charge in [0.2, 0.25) is 0 Å². The number of hydrogen-bond donors (Lipinski definition) is 1. The van der Waals surface area contributed by atoms with Crippen molar-refractivity contribution >= 4 is 5.97 Å². The van der Waals surface area contributed by atoms with E-state index in [1.165, 1.54) is 18.9 Å². The predicted octanol–water partition coefficient (Wildman–Crippen LogP) is 1.83. The standard InChI is InChI=1S/C9H16O3/c1-2-3-4-7-12-8-5-6-9(10)11/h5-6H,2-4,7-8H2,1H3,(H,10,11)/b6-5+. The molecule has 0 radical (unpaired) electrons. The Hall–Kier alpha value is -0.830. The zero-order chi connectivity index (χ0) is 9.23. The lowest BCUT2D eigenvalue weighted by Crippen LogP contribution is -1.95. The summed E-state index contributed by atoms with van der Waals surface area (Å²) >= 11 is 0. The molecule has 70 valence electrons. The van der Waals surface area contributed by atoms with Crippen LogP contribution in [0.5, 0.6) is 0 Å². The molecule has 0 aromatic carbocycles. The monoisotopic (exact) mass is 172 g/mol. The molecule has 0 aromatic heterocycles. The maximum Gasteiger partial charge on any atom is 0.328 e. The molecule has 0 atom stereocenters. The first-order valence-corrected chi connectivity index (χ1v) is 4.24. The lowest BCUT2D eigenvalue weighted by molar-refractivity contribution is -0.131. The van der Waals surface area contributed by atoms with Gasteiger partial charge in [0.15, 0.2) is 0 Å². The van der Waals surface area contributed by atoms with Crippen LogP contribution < -0.4 is 0 Å². The summed E-state index contributed by atoms with van der Waals surface area (Å²) in [5.74, 6) is -0.924. The average molecular weight is 172 g/mol. The maximum absolute atomic E-state index is 9.99. The fourth-order valence-electron chi connectivity index (χ4n) is 0.754. The molecule has 0 unspecified atom stereocenters. The van der Waals surface area contributed by atoms with Gasteiger partial charge in [-0.1, -0.05) is 25.8 Å². The number of hydrogen-bond acceptors (Lipinski definition) is 2. The summed E-state index contributed by atoms with van der Waals surface area (Å²) in [4.78, 5) is 9.99. The van der Waals surface area contributed by atoms with Crippen LogP contribution in [0.1, 0.15) is 26.2 Å². The minimum Gasteiger partial charge on any atom is -0.478 e. The van der Waals surface area contributed by atoms with Gasteiger partial charge in [-0.2, -0.15) is 0 Å². The molecular formula is C9H16O3. The molecule has 0 bridgehead atoms. The fraction of sp³-hybridized carbons (Fsp3) is 0.667. The van der Waals surface area contributed by atoms with E-state index >= 15 is 0 Å². The van der Waals surface area contributed by atoms with Crippen molar-refractivity contribution in [1.82, 2.24) is 0 Å². The first kappa shape index (κ1) is 11.2. The number of carbonyl (C=O) groups is 1. The molecule has 1 N–H and O–H groups in total. The van der Waals surface area contributed by atoms with Crippen molar-refractivity contribution in [3.8, 4) is 0 Å². The molecule has 0 fully saturated rings. The number of rotatable bonds is 7. The third kappa shape index (κ3) is 9.17. The molecule has 0 aliphatic carbocycles.